The number of phenolic OH excluding ortho intramolecular Hbond substituents is 1. The van der Waals surface area contributed by atoms with E-state index in [1.807, 2.05) is 0 Å². The van der Waals surface area contributed by atoms with Crippen LogP contribution in [0.15, 0.2) is 24.3 Å². The third-order valence-electron chi connectivity index (χ3n) is 2.51. The van der Waals surface area contributed by atoms with Crippen LogP contribution in [0.4, 0.5) is 15.3 Å². The second-order valence-electron chi connectivity index (χ2n) is 7.31. The zero-order valence-electron chi connectivity index (χ0n) is 15.3. The van der Waals surface area contributed by atoms with Gasteiger partial charge in [-0.05, 0) is 53.7 Å². The molecule has 25 heavy (non-hydrogen) atoms. The highest BCUT2D eigenvalue weighted by molar-refractivity contribution is 6.16. The van der Waals surface area contributed by atoms with Crippen molar-refractivity contribution in [2.75, 3.05) is 4.90 Å². The number of benzene rings is 1. The number of hydrogen-bond donors (Lipinski definition) is 3. The SMILES string of the molecule is CC(C)(C)OC(=O)NC(=N)N(C(=O)OC(C)(C)C)c1cccc(O)c1. The fourth-order valence-corrected chi connectivity index (χ4v) is 1.72. The minimum absolute atomic E-state index is 0.101. The van der Waals surface area contributed by atoms with Crippen LogP contribution in [0.1, 0.15) is 41.5 Å². The van der Waals surface area contributed by atoms with Crippen molar-refractivity contribution >= 4 is 23.8 Å². The Morgan fingerprint density at radius 1 is 1.08 bits per heavy atom. The number of guanidine groups is 1. The number of carbonyl (C=O) groups is 2. The largest absolute Gasteiger partial charge is 0.508 e. The van der Waals surface area contributed by atoms with Crippen molar-refractivity contribution in [1.82, 2.24) is 5.32 Å². The van der Waals surface area contributed by atoms with E-state index in [0.717, 1.165) is 4.90 Å². The lowest BCUT2D eigenvalue weighted by atomic mass is 10.2. The first-order valence-corrected chi connectivity index (χ1v) is 7.69. The normalized spacial score (nSPS) is 11.4. The van der Waals surface area contributed by atoms with Crippen LogP contribution in [0.2, 0.25) is 0 Å². The first-order chi connectivity index (χ1) is 11.3. The second kappa shape index (κ2) is 7.42. The van der Waals surface area contributed by atoms with Gasteiger partial charge in [0.2, 0.25) is 5.96 Å². The fraction of sp³-hybridized carbons (Fsp3) is 0.471. The molecule has 0 radical (unpaired) electrons. The van der Waals surface area contributed by atoms with E-state index < -0.39 is 29.3 Å². The molecule has 1 rings (SSSR count). The Morgan fingerprint density at radius 2 is 1.64 bits per heavy atom. The van der Waals surface area contributed by atoms with E-state index in [2.05, 4.69) is 5.32 Å². The van der Waals surface area contributed by atoms with Crippen LogP contribution in [-0.2, 0) is 9.47 Å². The first kappa shape index (κ1) is 20.3. The molecule has 0 aromatic heterocycles. The van der Waals surface area contributed by atoms with Crippen LogP contribution in [0, 0.1) is 5.41 Å². The molecule has 8 heteroatoms. The number of carbonyl (C=O) groups excluding carboxylic acids is 2. The van der Waals surface area contributed by atoms with Gasteiger partial charge in [-0.1, -0.05) is 6.07 Å². The lowest BCUT2D eigenvalue weighted by Gasteiger charge is -2.28. The molecule has 0 unspecified atom stereocenters. The summed E-state index contributed by atoms with van der Waals surface area (Å²) < 4.78 is 10.3. The van der Waals surface area contributed by atoms with Crippen molar-refractivity contribution in [2.45, 2.75) is 52.7 Å². The summed E-state index contributed by atoms with van der Waals surface area (Å²) in [5, 5.41) is 19.9. The molecule has 2 amide bonds. The summed E-state index contributed by atoms with van der Waals surface area (Å²) in [5.74, 6) is -0.662. The van der Waals surface area contributed by atoms with Crippen LogP contribution < -0.4 is 10.2 Å². The molecule has 0 spiro atoms. The van der Waals surface area contributed by atoms with E-state index in [1.54, 1.807) is 41.5 Å². The Labute approximate surface area is 147 Å². The first-order valence-electron chi connectivity index (χ1n) is 7.69. The van der Waals surface area contributed by atoms with E-state index in [0.29, 0.717) is 0 Å². The Kier molecular flexibility index (Phi) is 6.01. The molecule has 1 aromatic rings. The predicted molar refractivity (Wildman–Crippen MR) is 93.9 cm³/mol. The van der Waals surface area contributed by atoms with E-state index in [9.17, 15) is 14.7 Å². The maximum absolute atomic E-state index is 12.5. The summed E-state index contributed by atoms with van der Waals surface area (Å²) in [6, 6.07) is 5.69. The number of rotatable bonds is 1. The van der Waals surface area contributed by atoms with E-state index in [4.69, 9.17) is 14.9 Å². The molecule has 3 N–H and O–H groups in total. The number of phenols is 1. The van der Waals surface area contributed by atoms with E-state index in [1.165, 1.54) is 24.3 Å². The summed E-state index contributed by atoms with van der Waals surface area (Å²) in [4.78, 5) is 25.2. The Morgan fingerprint density at radius 3 is 2.12 bits per heavy atom. The van der Waals surface area contributed by atoms with Gasteiger partial charge in [0.15, 0.2) is 0 Å². The number of ether oxygens (including phenoxy) is 2. The zero-order valence-corrected chi connectivity index (χ0v) is 15.3. The molecule has 138 valence electrons. The standard InChI is InChI=1S/C17H25N3O5/c1-16(2,3)24-14(22)19-13(18)20(15(23)25-17(4,5)6)11-8-7-9-12(21)10-11/h7-10,21H,1-6H3,(H2,18,19,22). The van der Waals surface area contributed by atoms with Crippen molar-refractivity contribution in [3.8, 4) is 5.75 Å². The number of nitrogens with one attached hydrogen (secondary N) is 2. The smallest absolute Gasteiger partial charge is 0.421 e. The Hall–Kier alpha value is -2.77. The molecule has 0 aliphatic rings. The number of anilines is 1. The van der Waals surface area contributed by atoms with Gasteiger partial charge in [0.25, 0.3) is 0 Å². The molecule has 0 bridgehead atoms. The van der Waals surface area contributed by atoms with Gasteiger partial charge in [-0.3, -0.25) is 10.7 Å². The summed E-state index contributed by atoms with van der Waals surface area (Å²) in [5.41, 5.74) is -1.40. The van der Waals surface area contributed by atoms with Gasteiger partial charge in [0.05, 0.1) is 5.69 Å². The van der Waals surface area contributed by atoms with Gasteiger partial charge >= 0.3 is 12.2 Å². The molecule has 0 fully saturated rings. The summed E-state index contributed by atoms with van der Waals surface area (Å²) in [7, 11) is 0. The van der Waals surface area contributed by atoms with Crippen LogP contribution in [0.25, 0.3) is 0 Å². The summed E-state index contributed by atoms with van der Waals surface area (Å²) in [6.07, 6.45) is -1.76. The maximum Gasteiger partial charge on any atom is 0.421 e. The summed E-state index contributed by atoms with van der Waals surface area (Å²) in [6.45, 7) is 10.1. The highest BCUT2D eigenvalue weighted by Gasteiger charge is 2.29. The van der Waals surface area contributed by atoms with Crippen LogP contribution >= 0.6 is 0 Å². The highest BCUT2D eigenvalue weighted by atomic mass is 16.6. The van der Waals surface area contributed by atoms with Gasteiger partial charge in [-0.15, -0.1) is 0 Å². The third-order valence-corrected chi connectivity index (χ3v) is 2.51. The lowest BCUT2D eigenvalue weighted by molar-refractivity contribution is 0.0559. The molecule has 8 nitrogen and oxygen atoms in total. The number of alkyl carbamates (subject to hydrolysis) is 1. The zero-order chi connectivity index (χ0) is 19.4. The molecule has 0 aliphatic carbocycles. The van der Waals surface area contributed by atoms with E-state index in [-0.39, 0.29) is 11.4 Å². The van der Waals surface area contributed by atoms with Crippen molar-refractivity contribution in [2.24, 2.45) is 0 Å². The highest BCUT2D eigenvalue weighted by Crippen LogP contribution is 2.22. The van der Waals surface area contributed by atoms with Crippen LogP contribution in [0.3, 0.4) is 0 Å². The minimum atomic E-state index is -0.883. The Bertz CT molecular complexity index is 659. The van der Waals surface area contributed by atoms with Gasteiger partial charge in [-0.2, -0.15) is 0 Å². The quantitative estimate of drug-likeness (QED) is 0.529. The topological polar surface area (TPSA) is 112 Å². The van der Waals surface area contributed by atoms with Gasteiger partial charge in [0, 0.05) is 6.07 Å². The third kappa shape index (κ3) is 7.11. The minimum Gasteiger partial charge on any atom is -0.508 e. The van der Waals surface area contributed by atoms with Crippen LogP contribution in [0.5, 0.6) is 5.75 Å². The maximum atomic E-state index is 12.5. The number of hydrogen-bond acceptors (Lipinski definition) is 6. The molecular weight excluding hydrogens is 326 g/mol. The molecular formula is C17H25N3O5. The average molecular weight is 351 g/mol. The van der Waals surface area contributed by atoms with Gasteiger partial charge in [0.1, 0.15) is 17.0 Å². The van der Waals surface area contributed by atoms with E-state index >= 15 is 0 Å². The average Bonchev–Trinajstić information content (AvgIpc) is 2.33. The van der Waals surface area contributed by atoms with Crippen molar-refractivity contribution in [3.63, 3.8) is 0 Å². The molecule has 0 saturated heterocycles. The van der Waals surface area contributed by atoms with Crippen molar-refractivity contribution < 1.29 is 24.2 Å². The monoisotopic (exact) mass is 351 g/mol. The molecule has 0 atom stereocenters. The molecule has 0 saturated carbocycles. The summed E-state index contributed by atoms with van der Waals surface area (Å²) >= 11 is 0. The molecule has 0 aliphatic heterocycles. The van der Waals surface area contributed by atoms with Crippen LogP contribution in [-0.4, -0.2) is 34.5 Å². The van der Waals surface area contributed by atoms with Crippen molar-refractivity contribution in [1.29, 1.82) is 5.41 Å². The number of aromatic hydroxyl groups is 1. The van der Waals surface area contributed by atoms with Gasteiger partial charge < -0.3 is 14.6 Å². The second-order valence-corrected chi connectivity index (χ2v) is 7.31. The number of nitrogens with zero attached hydrogens (tertiary/aromatic N) is 1. The molecule has 0 heterocycles. The number of amides is 2. The van der Waals surface area contributed by atoms with Gasteiger partial charge in [-0.25, -0.2) is 14.5 Å². The predicted octanol–water partition coefficient (Wildman–Crippen LogP) is 3.59. The molecule has 1 aromatic carbocycles. The lowest BCUT2D eigenvalue weighted by Crippen LogP contribution is -2.49. The van der Waals surface area contributed by atoms with Crippen molar-refractivity contribution in [3.05, 3.63) is 24.3 Å². The Balaban J connectivity index is 3.08. The fourth-order valence-electron chi connectivity index (χ4n) is 1.72.